The molecule has 13 heavy (non-hydrogen) atoms. The molecular weight excluding hydrogens is 166 g/mol. The molecule has 1 atom stereocenters. The Morgan fingerprint density at radius 1 is 1.54 bits per heavy atom. The second-order valence-electron chi connectivity index (χ2n) is 3.12. The highest BCUT2D eigenvalue weighted by molar-refractivity contribution is 5.74. The Hall–Kier alpha value is -1.24. The van der Waals surface area contributed by atoms with Crippen molar-refractivity contribution in [2.24, 2.45) is 0 Å². The lowest BCUT2D eigenvalue weighted by atomic mass is 10.2. The molecule has 4 nitrogen and oxygen atoms in total. The first-order valence-corrected chi connectivity index (χ1v) is 4.39. The second-order valence-corrected chi connectivity index (χ2v) is 3.12. The summed E-state index contributed by atoms with van der Waals surface area (Å²) in [7, 11) is 3.47. The van der Waals surface area contributed by atoms with Gasteiger partial charge in [-0.3, -0.25) is 0 Å². The highest BCUT2D eigenvalue weighted by Crippen LogP contribution is 2.03. The van der Waals surface area contributed by atoms with Crippen molar-refractivity contribution >= 4 is 6.03 Å². The van der Waals surface area contributed by atoms with Crippen molar-refractivity contribution in [3.63, 3.8) is 0 Å². The molecule has 0 aliphatic rings. The molecule has 0 radical (unpaired) electrons. The standard InChI is InChI=1S/C9H17N3O/c1-5-11(3)9(13)12(4)8(2)6-7-10/h8H,5-6H2,1-4H3. The zero-order chi connectivity index (χ0) is 10.4. The van der Waals surface area contributed by atoms with Crippen molar-refractivity contribution in [2.45, 2.75) is 26.3 Å². The first-order valence-electron chi connectivity index (χ1n) is 4.39. The second kappa shape index (κ2) is 5.41. The van der Waals surface area contributed by atoms with E-state index in [-0.39, 0.29) is 12.1 Å². The van der Waals surface area contributed by atoms with E-state index in [1.54, 1.807) is 23.9 Å². The maximum Gasteiger partial charge on any atom is 0.319 e. The lowest BCUT2D eigenvalue weighted by Gasteiger charge is -2.27. The minimum absolute atomic E-state index is 0.0218. The first kappa shape index (κ1) is 11.8. The molecule has 0 N–H and O–H groups in total. The Labute approximate surface area is 79.7 Å². The zero-order valence-electron chi connectivity index (χ0n) is 8.74. The molecule has 0 spiro atoms. The van der Waals surface area contributed by atoms with Gasteiger partial charge in [0.2, 0.25) is 0 Å². The number of amides is 2. The zero-order valence-corrected chi connectivity index (χ0v) is 8.74. The minimum Gasteiger partial charge on any atom is -0.328 e. The van der Waals surface area contributed by atoms with E-state index in [0.29, 0.717) is 13.0 Å². The van der Waals surface area contributed by atoms with Gasteiger partial charge in [0.05, 0.1) is 12.5 Å². The lowest BCUT2D eigenvalue weighted by Crippen LogP contribution is -2.43. The third-order valence-electron chi connectivity index (χ3n) is 2.15. The number of carbonyl (C=O) groups excluding carboxylic acids is 1. The van der Waals surface area contributed by atoms with E-state index >= 15 is 0 Å². The van der Waals surface area contributed by atoms with Crippen molar-refractivity contribution in [1.29, 1.82) is 5.26 Å². The summed E-state index contributed by atoms with van der Waals surface area (Å²) in [5.74, 6) is 0. The van der Waals surface area contributed by atoms with Gasteiger partial charge in [-0.05, 0) is 13.8 Å². The Morgan fingerprint density at radius 2 is 2.08 bits per heavy atom. The molecule has 0 aromatic carbocycles. The van der Waals surface area contributed by atoms with Crippen LogP contribution in [0.1, 0.15) is 20.3 Å². The molecule has 74 valence electrons. The van der Waals surface area contributed by atoms with Gasteiger partial charge in [0.25, 0.3) is 0 Å². The largest absolute Gasteiger partial charge is 0.328 e. The summed E-state index contributed by atoms with van der Waals surface area (Å²) in [6, 6.07) is 1.99. The van der Waals surface area contributed by atoms with Crippen LogP contribution in [0.3, 0.4) is 0 Å². The predicted molar refractivity (Wildman–Crippen MR) is 51.2 cm³/mol. The summed E-state index contributed by atoms with van der Waals surface area (Å²) < 4.78 is 0. The molecule has 0 aliphatic carbocycles. The molecule has 0 saturated carbocycles. The van der Waals surface area contributed by atoms with Gasteiger partial charge >= 0.3 is 6.03 Å². The summed E-state index contributed by atoms with van der Waals surface area (Å²) in [4.78, 5) is 14.7. The van der Waals surface area contributed by atoms with E-state index in [1.807, 2.05) is 19.9 Å². The van der Waals surface area contributed by atoms with Crippen molar-refractivity contribution in [3.05, 3.63) is 0 Å². The number of nitriles is 1. The summed E-state index contributed by atoms with van der Waals surface area (Å²) in [6.07, 6.45) is 0.375. The predicted octanol–water partition coefficient (Wildman–Crippen LogP) is 1.29. The van der Waals surface area contributed by atoms with Crippen LogP contribution < -0.4 is 0 Å². The van der Waals surface area contributed by atoms with Crippen LogP contribution >= 0.6 is 0 Å². The monoisotopic (exact) mass is 183 g/mol. The Morgan fingerprint density at radius 3 is 2.46 bits per heavy atom. The van der Waals surface area contributed by atoms with E-state index in [1.165, 1.54) is 0 Å². The molecule has 0 heterocycles. The maximum atomic E-state index is 11.5. The number of nitrogens with zero attached hydrogens (tertiary/aromatic N) is 3. The van der Waals surface area contributed by atoms with Crippen molar-refractivity contribution in [3.8, 4) is 6.07 Å². The molecule has 0 fully saturated rings. The third kappa shape index (κ3) is 3.32. The van der Waals surface area contributed by atoms with Crippen LogP contribution in [0.5, 0.6) is 0 Å². The average molecular weight is 183 g/mol. The van der Waals surface area contributed by atoms with E-state index in [0.717, 1.165) is 0 Å². The van der Waals surface area contributed by atoms with Crippen LogP contribution in [0.2, 0.25) is 0 Å². The van der Waals surface area contributed by atoms with Crippen LogP contribution in [-0.4, -0.2) is 42.5 Å². The van der Waals surface area contributed by atoms with Crippen molar-refractivity contribution in [1.82, 2.24) is 9.80 Å². The van der Waals surface area contributed by atoms with Gasteiger partial charge in [-0.25, -0.2) is 4.79 Å². The third-order valence-corrected chi connectivity index (χ3v) is 2.15. The van der Waals surface area contributed by atoms with E-state index in [2.05, 4.69) is 0 Å². The molecular formula is C9H17N3O. The minimum atomic E-state index is -0.0368. The summed E-state index contributed by atoms with van der Waals surface area (Å²) in [6.45, 7) is 4.47. The topological polar surface area (TPSA) is 47.3 Å². The number of rotatable bonds is 3. The number of hydrogen-bond donors (Lipinski definition) is 0. The quantitative estimate of drug-likeness (QED) is 0.662. The number of urea groups is 1. The molecule has 1 unspecified atom stereocenters. The van der Waals surface area contributed by atoms with E-state index in [4.69, 9.17) is 5.26 Å². The fraction of sp³-hybridized carbons (Fsp3) is 0.778. The highest BCUT2D eigenvalue weighted by atomic mass is 16.2. The molecule has 0 aromatic rings. The lowest BCUT2D eigenvalue weighted by molar-refractivity contribution is 0.162. The van der Waals surface area contributed by atoms with Gasteiger partial charge in [-0.1, -0.05) is 0 Å². The molecule has 0 rings (SSSR count). The van der Waals surface area contributed by atoms with Crippen molar-refractivity contribution in [2.75, 3.05) is 20.6 Å². The van der Waals surface area contributed by atoms with Crippen LogP contribution in [0, 0.1) is 11.3 Å². The van der Waals surface area contributed by atoms with Gasteiger partial charge in [0.15, 0.2) is 0 Å². The van der Waals surface area contributed by atoms with Crippen LogP contribution in [0.15, 0.2) is 0 Å². The molecule has 0 bridgehead atoms. The summed E-state index contributed by atoms with van der Waals surface area (Å²) in [5, 5.41) is 8.46. The van der Waals surface area contributed by atoms with Crippen LogP contribution in [-0.2, 0) is 0 Å². The molecule has 2 amide bonds. The fourth-order valence-corrected chi connectivity index (χ4v) is 0.862. The van der Waals surface area contributed by atoms with Crippen LogP contribution in [0.4, 0.5) is 4.79 Å². The molecule has 0 aliphatic heterocycles. The van der Waals surface area contributed by atoms with Crippen molar-refractivity contribution < 1.29 is 4.79 Å². The Bertz CT molecular complexity index is 209. The highest BCUT2D eigenvalue weighted by Gasteiger charge is 2.17. The normalized spacial score (nSPS) is 11.6. The molecule has 4 heteroatoms. The van der Waals surface area contributed by atoms with Gasteiger partial charge in [-0.2, -0.15) is 5.26 Å². The van der Waals surface area contributed by atoms with Gasteiger partial charge in [-0.15, -0.1) is 0 Å². The number of carbonyl (C=O) groups is 1. The molecule has 0 saturated heterocycles. The van der Waals surface area contributed by atoms with Gasteiger partial charge in [0, 0.05) is 26.7 Å². The Kier molecular flexibility index (Phi) is 4.90. The summed E-state index contributed by atoms with van der Waals surface area (Å²) in [5.41, 5.74) is 0. The SMILES string of the molecule is CCN(C)C(=O)N(C)C(C)CC#N. The van der Waals surface area contributed by atoms with Gasteiger partial charge < -0.3 is 9.80 Å². The fourth-order valence-electron chi connectivity index (χ4n) is 0.862. The Balaban J connectivity index is 4.18. The number of hydrogen-bond acceptors (Lipinski definition) is 2. The van der Waals surface area contributed by atoms with E-state index < -0.39 is 0 Å². The summed E-state index contributed by atoms with van der Waals surface area (Å²) >= 11 is 0. The molecule has 0 aromatic heterocycles. The van der Waals surface area contributed by atoms with Gasteiger partial charge in [0.1, 0.15) is 0 Å². The maximum absolute atomic E-state index is 11.5. The first-order chi connectivity index (χ1) is 6.04. The van der Waals surface area contributed by atoms with E-state index in [9.17, 15) is 4.79 Å². The smallest absolute Gasteiger partial charge is 0.319 e. The van der Waals surface area contributed by atoms with Crippen LogP contribution in [0.25, 0.3) is 0 Å². The average Bonchev–Trinajstić information content (AvgIpc) is 2.14.